The number of ether oxygens (including phenoxy) is 1. The lowest BCUT2D eigenvalue weighted by Crippen LogP contribution is -2.42. The number of likely N-dealkylation sites (N-methyl/N-ethyl adjacent to an activating group) is 1. The second-order valence-electron chi connectivity index (χ2n) is 3.96. The van der Waals surface area contributed by atoms with Crippen molar-refractivity contribution in [1.82, 2.24) is 0 Å². The Kier molecular flexibility index (Phi) is 4.69. The van der Waals surface area contributed by atoms with Gasteiger partial charge in [-0.3, -0.25) is 0 Å². The summed E-state index contributed by atoms with van der Waals surface area (Å²) in [7, 11) is 6.59. The second-order valence-corrected chi connectivity index (χ2v) is 3.96. The molecule has 0 rings (SSSR count). The van der Waals surface area contributed by atoms with Crippen LogP contribution in [-0.2, 0) is 4.74 Å². The molecule has 0 aromatic carbocycles. The van der Waals surface area contributed by atoms with E-state index < -0.39 is 0 Å². The van der Waals surface area contributed by atoms with Gasteiger partial charge in [0.15, 0.2) is 0 Å². The first-order valence-corrected chi connectivity index (χ1v) is 4.41. The van der Waals surface area contributed by atoms with Crippen LogP contribution in [0.5, 0.6) is 0 Å². The minimum atomic E-state index is 0.431. The third-order valence-electron chi connectivity index (χ3n) is 1.61. The fourth-order valence-corrected chi connectivity index (χ4v) is 1.15. The highest BCUT2D eigenvalue weighted by Crippen LogP contribution is 2.03. The molecule has 11 heavy (non-hydrogen) atoms. The smallest absolute Gasteiger partial charge is 0.106 e. The van der Waals surface area contributed by atoms with Crippen molar-refractivity contribution in [1.29, 1.82) is 0 Å². The van der Waals surface area contributed by atoms with Gasteiger partial charge in [0.25, 0.3) is 0 Å². The topological polar surface area (TPSA) is 9.23 Å². The third-order valence-corrected chi connectivity index (χ3v) is 1.61. The number of hydrogen-bond acceptors (Lipinski definition) is 1. The average Bonchev–Trinajstić information content (AvgIpc) is 1.84. The van der Waals surface area contributed by atoms with Crippen molar-refractivity contribution in [3.05, 3.63) is 0 Å². The molecule has 0 saturated heterocycles. The molecule has 0 bridgehead atoms. The highest BCUT2D eigenvalue weighted by molar-refractivity contribution is 4.51. The summed E-state index contributed by atoms with van der Waals surface area (Å²) < 4.78 is 6.54. The molecule has 0 N–H and O–H groups in total. The zero-order chi connectivity index (χ0) is 8.91. The molecule has 0 aliphatic heterocycles. The van der Waals surface area contributed by atoms with E-state index >= 15 is 0 Å². The van der Waals surface area contributed by atoms with Crippen LogP contribution < -0.4 is 0 Å². The Balaban J connectivity index is 3.68. The molecule has 0 heterocycles. The molecule has 0 aromatic rings. The van der Waals surface area contributed by atoms with Crippen molar-refractivity contribution in [3.8, 4) is 0 Å². The van der Waals surface area contributed by atoms with Gasteiger partial charge in [-0.15, -0.1) is 0 Å². The summed E-state index contributed by atoms with van der Waals surface area (Å²) in [5.74, 6) is 0. The lowest BCUT2D eigenvalue weighted by atomic mass is 10.2. The van der Waals surface area contributed by atoms with E-state index in [1.165, 1.54) is 0 Å². The van der Waals surface area contributed by atoms with Gasteiger partial charge in [0.1, 0.15) is 12.6 Å². The molecule has 2 heteroatoms. The average molecular weight is 160 g/mol. The van der Waals surface area contributed by atoms with Gasteiger partial charge in [-0.1, -0.05) is 6.92 Å². The summed E-state index contributed by atoms with van der Waals surface area (Å²) in [5, 5.41) is 0. The Morgan fingerprint density at radius 1 is 1.18 bits per heavy atom. The molecular weight excluding hydrogens is 138 g/mol. The van der Waals surface area contributed by atoms with Gasteiger partial charge in [-0.2, -0.15) is 0 Å². The van der Waals surface area contributed by atoms with Crippen LogP contribution in [0.1, 0.15) is 20.3 Å². The number of rotatable bonds is 5. The van der Waals surface area contributed by atoms with Gasteiger partial charge in [0.05, 0.1) is 21.1 Å². The summed E-state index contributed by atoms with van der Waals surface area (Å²) in [5.41, 5.74) is 0. The predicted octanol–water partition coefficient (Wildman–Crippen LogP) is 1.51. The summed E-state index contributed by atoms with van der Waals surface area (Å²) in [6.45, 7) is 6.16. The van der Waals surface area contributed by atoms with E-state index in [0.717, 1.165) is 24.1 Å². The van der Waals surface area contributed by atoms with E-state index in [9.17, 15) is 0 Å². The molecule has 1 atom stereocenters. The predicted molar refractivity (Wildman–Crippen MR) is 48.6 cm³/mol. The first-order valence-electron chi connectivity index (χ1n) is 4.41. The Labute approximate surface area is 70.7 Å². The van der Waals surface area contributed by atoms with Crippen molar-refractivity contribution in [3.63, 3.8) is 0 Å². The van der Waals surface area contributed by atoms with Gasteiger partial charge < -0.3 is 9.22 Å². The zero-order valence-corrected chi connectivity index (χ0v) is 8.55. The standard InChI is InChI=1S/C9H22NO/c1-6-9(11-7-2)8-10(3,4)5/h9H,6-8H2,1-5H3/q+1. The van der Waals surface area contributed by atoms with E-state index in [-0.39, 0.29) is 0 Å². The summed E-state index contributed by atoms with van der Waals surface area (Å²) in [6, 6.07) is 0. The van der Waals surface area contributed by atoms with Gasteiger partial charge in [-0.05, 0) is 13.3 Å². The first kappa shape index (κ1) is 10.9. The maximum absolute atomic E-state index is 5.55. The van der Waals surface area contributed by atoms with Crippen LogP contribution >= 0.6 is 0 Å². The summed E-state index contributed by atoms with van der Waals surface area (Å²) in [6.07, 6.45) is 1.55. The van der Waals surface area contributed by atoms with Crippen LogP contribution in [0, 0.1) is 0 Å². The van der Waals surface area contributed by atoms with Crippen LogP contribution in [0.2, 0.25) is 0 Å². The summed E-state index contributed by atoms with van der Waals surface area (Å²) in [4.78, 5) is 0. The van der Waals surface area contributed by atoms with Crippen molar-refractivity contribution < 1.29 is 9.22 Å². The van der Waals surface area contributed by atoms with E-state index in [1.807, 2.05) is 0 Å². The lowest BCUT2D eigenvalue weighted by Gasteiger charge is -2.28. The van der Waals surface area contributed by atoms with Crippen LogP contribution in [0.25, 0.3) is 0 Å². The Bertz CT molecular complexity index is 96.2. The van der Waals surface area contributed by atoms with Crippen molar-refractivity contribution in [2.24, 2.45) is 0 Å². The molecule has 0 radical (unpaired) electrons. The van der Waals surface area contributed by atoms with Crippen LogP contribution in [0.15, 0.2) is 0 Å². The summed E-state index contributed by atoms with van der Waals surface area (Å²) >= 11 is 0. The van der Waals surface area contributed by atoms with Crippen LogP contribution in [0.3, 0.4) is 0 Å². The van der Waals surface area contributed by atoms with Crippen molar-refractivity contribution in [2.45, 2.75) is 26.4 Å². The van der Waals surface area contributed by atoms with E-state index in [2.05, 4.69) is 35.0 Å². The normalized spacial score (nSPS) is 15.0. The SMILES string of the molecule is CCOC(CC)C[N+](C)(C)C. The molecule has 0 spiro atoms. The maximum Gasteiger partial charge on any atom is 0.106 e. The molecule has 0 aliphatic carbocycles. The molecule has 0 fully saturated rings. The molecule has 0 saturated carbocycles. The fourth-order valence-electron chi connectivity index (χ4n) is 1.15. The molecule has 1 unspecified atom stereocenters. The Morgan fingerprint density at radius 3 is 2.00 bits per heavy atom. The minimum absolute atomic E-state index is 0.431. The van der Waals surface area contributed by atoms with E-state index in [0.29, 0.717) is 6.10 Å². The number of hydrogen-bond donors (Lipinski definition) is 0. The molecule has 0 aromatic heterocycles. The van der Waals surface area contributed by atoms with E-state index in [1.54, 1.807) is 0 Å². The maximum atomic E-state index is 5.55. The Morgan fingerprint density at radius 2 is 1.73 bits per heavy atom. The number of nitrogens with zero attached hydrogens (tertiary/aromatic N) is 1. The second kappa shape index (κ2) is 4.73. The van der Waals surface area contributed by atoms with Gasteiger partial charge in [-0.25, -0.2) is 0 Å². The monoisotopic (exact) mass is 160 g/mol. The van der Waals surface area contributed by atoms with Gasteiger partial charge in [0, 0.05) is 6.61 Å². The zero-order valence-electron chi connectivity index (χ0n) is 8.55. The van der Waals surface area contributed by atoms with Crippen LogP contribution in [-0.4, -0.2) is 44.9 Å². The van der Waals surface area contributed by atoms with Crippen molar-refractivity contribution >= 4 is 0 Å². The van der Waals surface area contributed by atoms with Gasteiger partial charge in [0.2, 0.25) is 0 Å². The number of quaternary nitrogens is 1. The van der Waals surface area contributed by atoms with E-state index in [4.69, 9.17) is 4.74 Å². The third kappa shape index (κ3) is 6.32. The fraction of sp³-hybridized carbons (Fsp3) is 1.00. The molecule has 0 aliphatic rings. The Hall–Kier alpha value is -0.0800. The first-order chi connectivity index (χ1) is 4.99. The molecule has 68 valence electrons. The minimum Gasteiger partial charge on any atom is -0.373 e. The largest absolute Gasteiger partial charge is 0.373 e. The quantitative estimate of drug-likeness (QED) is 0.554. The highest BCUT2D eigenvalue weighted by atomic mass is 16.5. The van der Waals surface area contributed by atoms with Crippen molar-refractivity contribution in [2.75, 3.05) is 34.3 Å². The molecule has 0 amide bonds. The van der Waals surface area contributed by atoms with Crippen LogP contribution in [0.4, 0.5) is 0 Å². The van der Waals surface area contributed by atoms with Gasteiger partial charge >= 0.3 is 0 Å². The molecule has 2 nitrogen and oxygen atoms in total. The highest BCUT2D eigenvalue weighted by Gasteiger charge is 2.15. The lowest BCUT2D eigenvalue weighted by molar-refractivity contribution is -0.873. The molecular formula is C9H22NO+.